The van der Waals surface area contributed by atoms with Crippen LogP contribution in [0.5, 0.6) is 0 Å². The Labute approximate surface area is 97.6 Å². The first-order valence-electron chi connectivity index (χ1n) is 4.82. The molecule has 1 aromatic carbocycles. The molecule has 2 rings (SSSR count). The van der Waals surface area contributed by atoms with E-state index in [2.05, 4.69) is 5.10 Å². The molecule has 1 aromatic heterocycles. The first kappa shape index (κ1) is 11.1. The first-order valence-corrected chi connectivity index (χ1v) is 5.20. The summed E-state index contributed by atoms with van der Waals surface area (Å²) in [6.07, 6.45) is 1.68. The third-order valence-corrected chi connectivity index (χ3v) is 2.79. The fourth-order valence-electron chi connectivity index (χ4n) is 1.52. The van der Waals surface area contributed by atoms with Crippen LogP contribution in [0, 0.1) is 12.7 Å². The highest BCUT2D eigenvalue weighted by atomic mass is 35.5. The van der Waals surface area contributed by atoms with Crippen LogP contribution in [-0.4, -0.2) is 9.78 Å². The molecule has 0 saturated carbocycles. The summed E-state index contributed by atoms with van der Waals surface area (Å²) >= 11 is 5.62. The van der Waals surface area contributed by atoms with Gasteiger partial charge < -0.3 is 5.73 Å². The molecule has 2 aromatic rings. The number of aromatic nitrogens is 2. The van der Waals surface area contributed by atoms with Crippen LogP contribution >= 0.6 is 11.6 Å². The van der Waals surface area contributed by atoms with E-state index >= 15 is 0 Å². The maximum absolute atomic E-state index is 13.3. The SMILES string of the molecule is Cc1c(CN)cnn1-c1ccc(Cl)c(F)c1. The molecule has 0 saturated heterocycles. The van der Waals surface area contributed by atoms with Gasteiger partial charge in [0.2, 0.25) is 0 Å². The molecule has 0 radical (unpaired) electrons. The average Bonchev–Trinajstić information content (AvgIpc) is 2.64. The van der Waals surface area contributed by atoms with Crippen molar-refractivity contribution in [3.05, 3.63) is 46.5 Å². The lowest BCUT2D eigenvalue weighted by Gasteiger charge is -2.05. The van der Waals surface area contributed by atoms with Crippen LogP contribution < -0.4 is 5.73 Å². The molecule has 16 heavy (non-hydrogen) atoms. The quantitative estimate of drug-likeness (QED) is 0.875. The van der Waals surface area contributed by atoms with Crippen LogP contribution in [-0.2, 0) is 6.54 Å². The smallest absolute Gasteiger partial charge is 0.143 e. The Hall–Kier alpha value is -1.39. The molecule has 0 aliphatic heterocycles. The molecule has 1 heterocycles. The van der Waals surface area contributed by atoms with Gasteiger partial charge >= 0.3 is 0 Å². The van der Waals surface area contributed by atoms with Gasteiger partial charge in [-0.05, 0) is 19.1 Å². The molecule has 0 spiro atoms. The summed E-state index contributed by atoms with van der Waals surface area (Å²) in [5.74, 6) is -0.455. The van der Waals surface area contributed by atoms with Crippen LogP contribution in [0.15, 0.2) is 24.4 Å². The van der Waals surface area contributed by atoms with Crippen LogP contribution in [0.4, 0.5) is 4.39 Å². The van der Waals surface area contributed by atoms with E-state index in [0.29, 0.717) is 12.2 Å². The van der Waals surface area contributed by atoms with Crippen molar-refractivity contribution in [1.29, 1.82) is 0 Å². The van der Waals surface area contributed by atoms with E-state index < -0.39 is 5.82 Å². The Morgan fingerprint density at radius 3 is 2.81 bits per heavy atom. The standard InChI is InChI=1S/C11H11ClFN3/c1-7-8(5-14)6-15-16(7)9-2-3-10(12)11(13)4-9/h2-4,6H,5,14H2,1H3. The number of halogens is 2. The molecule has 0 unspecified atom stereocenters. The van der Waals surface area contributed by atoms with E-state index in [-0.39, 0.29) is 5.02 Å². The van der Waals surface area contributed by atoms with Gasteiger partial charge in [-0.25, -0.2) is 9.07 Å². The normalized spacial score (nSPS) is 10.8. The number of benzene rings is 1. The second-order valence-corrected chi connectivity index (χ2v) is 3.88. The highest BCUT2D eigenvalue weighted by Gasteiger charge is 2.08. The van der Waals surface area contributed by atoms with Gasteiger partial charge in [0.15, 0.2) is 0 Å². The lowest BCUT2D eigenvalue weighted by atomic mass is 10.2. The maximum Gasteiger partial charge on any atom is 0.143 e. The van der Waals surface area contributed by atoms with Crippen LogP contribution in [0.1, 0.15) is 11.3 Å². The zero-order valence-corrected chi connectivity index (χ0v) is 9.50. The fraction of sp³-hybridized carbons (Fsp3) is 0.182. The third-order valence-electron chi connectivity index (χ3n) is 2.48. The summed E-state index contributed by atoms with van der Waals surface area (Å²) < 4.78 is 14.9. The summed E-state index contributed by atoms with van der Waals surface area (Å²) in [6.45, 7) is 2.31. The van der Waals surface area contributed by atoms with Crippen molar-refractivity contribution < 1.29 is 4.39 Å². The molecule has 0 aliphatic rings. The van der Waals surface area contributed by atoms with Crippen LogP contribution in [0.25, 0.3) is 5.69 Å². The fourth-order valence-corrected chi connectivity index (χ4v) is 1.64. The van der Waals surface area contributed by atoms with Gasteiger partial charge in [-0.2, -0.15) is 5.10 Å². The molecule has 84 valence electrons. The molecular formula is C11H11ClFN3. The van der Waals surface area contributed by atoms with Crippen molar-refractivity contribution in [3.8, 4) is 5.69 Å². The van der Waals surface area contributed by atoms with Crippen molar-refractivity contribution in [2.75, 3.05) is 0 Å². The first-order chi connectivity index (χ1) is 7.63. The molecule has 5 heteroatoms. The highest BCUT2D eigenvalue weighted by molar-refractivity contribution is 6.30. The summed E-state index contributed by atoms with van der Waals surface area (Å²) in [5.41, 5.74) is 8.03. The predicted molar refractivity (Wildman–Crippen MR) is 61.2 cm³/mol. The van der Waals surface area contributed by atoms with Crippen molar-refractivity contribution in [2.45, 2.75) is 13.5 Å². The second-order valence-electron chi connectivity index (χ2n) is 3.47. The van der Waals surface area contributed by atoms with E-state index in [0.717, 1.165) is 11.3 Å². The Balaban J connectivity index is 2.50. The van der Waals surface area contributed by atoms with Gasteiger partial charge in [-0.3, -0.25) is 0 Å². The number of rotatable bonds is 2. The van der Waals surface area contributed by atoms with Crippen LogP contribution in [0.3, 0.4) is 0 Å². The largest absolute Gasteiger partial charge is 0.326 e. The van der Waals surface area contributed by atoms with E-state index in [1.807, 2.05) is 6.92 Å². The molecule has 0 aliphatic carbocycles. The zero-order valence-electron chi connectivity index (χ0n) is 8.74. The molecular weight excluding hydrogens is 229 g/mol. The highest BCUT2D eigenvalue weighted by Crippen LogP contribution is 2.19. The van der Waals surface area contributed by atoms with Gasteiger partial charge in [-0.1, -0.05) is 11.6 Å². The summed E-state index contributed by atoms with van der Waals surface area (Å²) in [4.78, 5) is 0. The minimum atomic E-state index is -0.455. The molecule has 3 nitrogen and oxygen atoms in total. The number of hydrogen-bond donors (Lipinski definition) is 1. The maximum atomic E-state index is 13.3. The van der Waals surface area contributed by atoms with Gasteiger partial charge in [0.1, 0.15) is 5.82 Å². The summed E-state index contributed by atoms with van der Waals surface area (Å²) in [6, 6.07) is 4.57. The van der Waals surface area contributed by atoms with Gasteiger partial charge in [0, 0.05) is 23.9 Å². The van der Waals surface area contributed by atoms with Gasteiger partial charge in [0.05, 0.1) is 16.9 Å². The zero-order chi connectivity index (χ0) is 11.7. The van der Waals surface area contributed by atoms with Gasteiger partial charge in [-0.15, -0.1) is 0 Å². The van der Waals surface area contributed by atoms with E-state index in [4.69, 9.17) is 17.3 Å². The summed E-state index contributed by atoms with van der Waals surface area (Å²) in [7, 11) is 0. The van der Waals surface area contributed by atoms with Crippen molar-refractivity contribution in [1.82, 2.24) is 9.78 Å². The van der Waals surface area contributed by atoms with E-state index in [1.54, 1.807) is 16.9 Å². The second kappa shape index (κ2) is 4.23. The Morgan fingerprint density at radius 2 is 2.25 bits per heavy atom. The lowest BCUT2D eigenvalue weighted by molar-refractivity contribution is 0.625. The Morgan fingerprint density at radius 1 is 1.50 bits per heavy atom. The topological polar surface area (TPSA) is 43.8 Å². The molecule has 0 atom stereocenters. The number of nitrogens with zero attached hydrogens (tertiary/aromatic N) is 2. The van der Waals surface area contributed by atoms with Crippen molar-refractivity contribution >= 4 is 11.6 Å². The van der Waals surface area contributed by atoms with Crippen molar-refractivity contribution in [2.24, 2.45) is 5.73 Å². The van der Waals surface area contributed by atoms with E-state index in [9.17, 15) is 4.39 Å². The van der Waals surface area contributed by atoms with Gasteiger partial charge in [0.25, 0.3) is 0 Å². The molecule has 2 N–H and O–H groups in total. The number of hydrogen-bond acceptors (Lipinski definition) is 2. The van der Waals surface area contributed by atoms with Crippen LogP contribution in [0.2, 0.25) is 5.02 Å². The Kier molecular flexibility index (Phi) is 2.94. The predicted octanol–water partition coefficient (Wildman–Crippen LogP) is 2.43. The summed E-state index contributed by atoms with van der Waals surface area (Å²) in [5, 5.41) is 4.26. The minimum Gasteiger partial charge on any atom is -0.326 e. The lowest BCUT2D eigenvalue weighted by Crippen LogP contribution is -2.02. The molecule has 0 fully saturated rings. The third kappa shape index (κ3) is 1.81. The average molecular weight is 240 g/mol. The Bertz CT molecular complexity index is 522. The monoisotopic (exact) mass is 239 g/mol. The van der Waals surface area contributed by atoms with Crippen molar-refractivity contribution in [3.63, 3.8) is 0 Å². The molecule has 0 amide bonds. The minimum absolute atomic E-state index is 0.104. The van der Waals surface area contributed by atoms with E-state index in [1.165, 1.54) is 12.1 Å². The molecule has 0 bridgehead atoms. The number of nitrogens with two attached hydrogens (primary N) is 1.